The molecule has 17 heavy (non-hydrogen) atoms. The fourth-order valence-corrected chi connectivity index (χ4v) is 1.77. The van der Waals surface area contributed by atoms with Crippen molar-refractivity contribution in [3.8, 4) is 0 Å². The minimum Gasteiger partial charge on any atom is -0.368 e. The molecule has 0 saturated carbocycles. The van der Waals surface area contributed by atoms with Crippen LogP contribution in [-0.4, -0.2) is 11.4 Å². The number of nitrogens with two attached hydrogens (primary N) is 2. The van der Waals surface area contributed by atoms with Gasteiger partial charge in [-0.3, -0.25) is 4.79 Å². The SMILES string of the molecule is CC(N)(CCCCCc1ccccc1)C(N)=O. The van der Waals surface area contributed by atoms with Crippen molar-refractivity contribution in [2.24, 2.45) is 11.5 Å². The smallest absolute Gasteiger partial charge is 0.237 e. The zero-order valence-corrected chi connectivity index (χ0v) is 10.5. The van der Waals surface area contributed by atoms with Gasteiger partial charge in [0.15, 0.2) is 0 Å². The first-order valence-corrected chi connectivity index (χ1v) is 6.15. The molecule has 1 rings (SSSR count). The molecular weight excluding hydrogens is 212 g/mol. The molecule has 0 aliphatic carbocycles. The molecule has 4 N–H and O–H groups in total. The number of rotatable bonds is 7. The first-order chi connectivity index (χ1) is 8.02. The number of aryl methyl sites for hydroxylation is 1. The molecule has 0 bridgehead atoms. The van der Waals surface area contributed by atoms with E-state index in [1.165, 1.54) is 5.56 Å². The Morgan fingerprint density at radius 3 is 2.41 bits per heavy atom. The van der Waals surface area contributed by atoms with Crippen molar-refractivity contribution >= 4 is 5.91 Å². The summed E-state index contributed by atoms with van der Waals surface area (Å²) in [5.74, 6) is -0.416. The third kappa shape index (κ3) is 5.00. The van der Waals surface area contributed by atoms with Crippen molar-refractivity contribution in [1.82, 2.24) is 0 Å². The van der Waals surface area contributed by atoms with Gasteiger partial charge >= 0.3 is 0 Å². The van der Waals surface area contributed by atoms with E-state index in [4.69, 9.17) is 11.5 Å². The topological polar surface area (TPSA) is 69.1 Å². The van der Waals surface area contributed by atoms with Crippen molar-refractivity contribution in [1.29, 1.82) is 0 Å². The van der Waals surface area contributed by atoms with Gasteiger partial charge in [-0.05, 0) is 31.7 Å². The highest BCUT2D eigenvalue weighted by molar-refractivity contribution is 5.83. The van der Waals surface area contributed by atoms with Crippen LogP contribution in [0.4, 0.5) is 0 Å². The molecule has 3 heteroatoms. The van der Waals surface area contributed by atoms with Crippen LogP contribution in [0.5, 0.6) is 0 Å². The Morgan fingerprint density at radius 2 is 1.82 bits per heavy atom. The highest BCUT2D eigenvalue weighted by Gasteiger charge is 2.24. The highest BCUT2D eigenvalue weighted by atomic mass is 16.1. The lowest BCUT2D eigenvalue weighted by Crippen LogP contribution is -2.49. The molecule has 1 aromatic carbocycles. The maximum absolute atomic E-state index is 11.0. The van der Waals surface area contributed by atoms with E-state index in [0.29, 0.717) is 6.42 Å². The van der Waals surface area contributed by atoms with Crippen LogP contribution in [-0.2, 0) is 11.2 Å². The highest BCUT2D eigenvalue weighted by Crippen LogP contribution is 2.13. The summed E-state index contributed by atoms with van der Waals surface area (Å²) in [6.45, 7) is 1.70. The lowest BCUT2D eigenvalue weighted by atomic mass is 9.94. The molecule has 1 aromatic rings. The van der Waals surface area contributed by atoms with Gasteiger partial charge in [0.2, 0.25) is 5.91 Å². The maximum atomic E-state index is 11.0. The summed E-state index contributed by atoms with van der Waals surface area (Å²) >= 11 is 0. The van der Waals surface area contributed by atoms with Crippen LogP contribution in [0.2, 0.25) is 0 Å². The van der Waals surface area contributed by atoms with E-state index >= 15 is 0 Å². The summed E-state index contributed by atoms with van der Waals surface area (Å²) < 4.78 is 0. The second-order valence-corrected chi connectivity index (χ2v) is 4.83. The normalized spacial score (nSPS) is 14.2. The standard InChI is InChI=1S/C14H22N2O/c1-14(16,13(15)17)11-7-3-6-10-12-8-4-2-5-9-12/h2,4-5,8-9H,3,6-7,10-11,16H2,1H3,(H2,15,17). The van der Waals surface area contributed by atoms with E-state index in [1.807, 2.05) is 6.07 Å². The molecule has 0 aliphatic rings. The second kappa shape index (κ2) is 6.40. The third-order valence-electron chi connectivity index (χ3n) is 3.07. The molecule has 1 amide bonds. The van der Waals surface area contributed by atoms with Crippen LogP contribution >= 0.6 is 0 Å². The van der Waals surface area contributed by atoms with Crippen molar-refractivity contribution < 1.29 is 4.79 Å². The Hall–Kier alpha value is -1.35. The van der Waals surface area contributed by atoms with E-state index in [9.17, 15) is 4.79 Å². The second-order valence-electron chi connectivity index (χ2n) is 4.83. The predicted octanol–water partition coefficient (Wildman–Crippen LogP) is 1.99. The Kier molecular flexibility index (Phi) is 5.16. The Morgan fingerprint density at radius 1 is 1.18 bits per heavy atom. The monoisotopic (exact) mass is 234 g/mol. The molecule has 1 unspecified atom stereocenters. The Labute approximate surface area is 103 Å². The van der Waals surface area contributed by atoms with Crippen molar-refractivity contribution in [3.05, 3.63) is 35.9 Å². The van der Waals surface area contributed by atoms with Gasteiger partial charge in [0, 0.05) is 0 Å². The van der Waals surface area contributed by atoms with Crippen molar-refractivity contribution in [2.45, 2.75) is 44.6 Å². The summed E-state index contributed by atoms with van der Waals surface area (Å²) in [5, 5.41) is 0. The van der Waals surface area contributed by atoms with Gasteiger partial charge in [0.1, 0.15) is 0 Å². The fraction of sp³-hybridized carbons (Fsp3) is 0.500. The summed E-state index contributed by atoms with van der Waals surface area (Å²) in [6.07, 6.45) is 4.90. The van der Waals surface area contributed by atoms with Gasteiger partial charge in [-0.25, -0.2) is 0 Å². The number of benzene rings is 1. The van der Waals surface area contributed by atoms with Crippen LogP contribution < -0.4 is 11.5 Å². The average molecular weight is 234 g/mol. The minimum atomic E-state index is -0.854. The molecule has 0 aliphatic heterocycles. The first-order valence-electron chi connectivity index (χ1n) is 6.15. The van der Waals surface area contributed by atoms with Crippen molar-refractivity contribution in [2.75, 3.05) is 0 Å². The number of hydrogen-bond donors (Lipinski definition) is 2. The molecular formula is C14H22N2O. The summed E-state index contributed by atoms with van der Waals surface area (Å²) in [6, 6.07) is 10.4. The number of carbonyl (C=O) groups is 1. The lowest BCUT2D eigenvalue weighted by Gasteiger charge is -2.19. The molecule has 3 nitrogen and oxygen atoms in total. The van der Waals surface area contributed by atoms with E-state index in [-0.39, 0.29) is 0 Å². The zero-order chi connectivity index (χ0) is 12.7. The van der Waals surface area contributed by atoms with Crippen LogP contribution in [0, 0.1) is 0 Å². The lowest BCUT2D eigenvalue weighted by molar-refractivity contribution is -0.122. The van der Waals surface area contributed by atoms with Gasteiger partial charge in [-0.1, -0.05) is 43.2 Å². The number of primary amides is 1. The summed E-state index contributed by atoms with van der Waals surface area (Å²) in [5.41, 5.74) is 11.5. The van der Waals surface area contributed by atoms with Gasteiger partial charge in [0.05, 0.1) is 5.54 Å². The number of carbonyl (C=O) groups excluding carboxylic acids is 1. The van der Waals surface area contributed by atoms with Crippen LogP contribution in [0.1, 0.15) is 38.2 Å². The molecule has 1 atom stereocenters. The van der Waals surface area contributed by atoms with E-state index in [1.54, 1.807) is 6.92 Å². The molecule has 0 spiro atoms. The number of hydrogen-bond acceptors (Lipinski definition) is 2. The molecule has 0 saturated heterocycles. The largest absolute Gasteiger partial charge is 0.368 e. The quantitative estimate of drug-likeness (QED) is 0.708. The van der Waals surface area contributed by atoms with Crippen LogP contribution in [0.15, 0.2) is 30.3 Å². The van der Waals surface area contributed by atoms with Gasteiger partial charge in [0.25, 0.3) is 0 Å². The predicted molar refractivity (Wildman–Crippen MR) is 70.4 cm³/mol. The van der Waals surface area contributed by atoms with Gasteiger partial charge in [-0.2, -0.15) is 0 Å². The summed E-state index contributed by atoms with van der Waals surface area (Å²) in [4.78, 5) is 11.0. The summed E-state index contributed by atoms with van der Waals surface area (Å²) in [7, 11) is 0. The zero-order valence-electron chi connectivity index (χ0n) is 10.5. The molecule has 0 fully saturated rings. The first kappa shape index (κ1) is 13.7. The Bertz CT molecular complexity index is 346. The van der Waals surface area contributed by atoms with E-state index < -0.39 is 11.4 Å². The average Bonchev–Trinajstić information content (AvgIpc) is 2.29. The number of amides is 1. The molecule has 0 aromatic heterocycles. The third-order valence-corrected chi connectivity index (χ3v) is 3.07. The Balaban J connectivity index is 2.15. The van der Waals surface area contributed by atoms with Gasteiger partial charge in [-0.15, -0.1) is 0 Å². The van der Waals surface area contributed by atoms with E-state index in [2.05, 4.69) is 24.3 Å². The maximum Gasteiger partial charge on any atom is 0.237 e. The van der Waals surface area contributed by atoms with Crippen LogP contribution in [0.25, 0.3) is 0 Å². The fourth-order valence-electron chi connectivity index (χ4n) is 1.77. The molecule has 0 radical (unpaired) electrons. The molecule has 0 heterocycles. The van der Waals surface area contributed by atoms with Gasteiger partial charge < -0.3 is 11.5 Å². The molecule has 94 valence electrons. The van der Waals surface area contributed by atoms with Crippen molar-refractivity contribution in [3.63, 3.8) is 0 Å². The minimum absolute atomic E-state index is 0.416. The number of unbranched alkanes of at least 4 members (excludes halogenated alkanes) is 2. The van der Waals surface area contributed by atoms with E-state index in [0.717, 1.165) is 25.7 Å². The van der Waals surface area contributed by atoms with Crippen LogP contribution in [0.3, 0.4) is 0 Å².